The molecule has 4 heterocycles. The van der Waals surface area contributed by atoms with Gasteiger partial charge in [-0.15, -0.1) is 10.2 Å². The number of rotatable bonds is 4. The van der Waals surface area contributed by atoms with Crippen LogP contribution in [0.4, 0.5) is 5.82 Å². The van der Waals surface area contributed by atoms with Gasteiger partial charge in [0.1, 0.15) is 18.0 Å². The molecule has 3 aliphatic rings. The lowest BCUT2D eigenvalue weighted by Crippen LogP contribution is -2.38. The normalized spacial score (nSPS) is 21.6. The van der Waals surface area contributed by atoms with E-state index < -0.39 is 0 Å². The maximum absolute atomic E-state index is 12.7. The highest BCUT2D eigenvalue weighted by atomic mass is 16.2. The fourth-order valence-electron chi connectivity index (χ4n) is 4.64. The number of hydrogen-bond donors (Lipinski definition) is 0. The maximum atomic E-state index is 12.7. The minimum absolute atomic E-state index is 0.120. The minimum atomic E-state index is 0.120. The lowest BCUT2D eigenvalue weighted by atomic mass is 9.96. The molecule has 0 atom stereocenters. The average Bonchev–Trinajstić information content (AvgIpc) is 3.50. The summed E-state index contributed by atoms with van der Waals surface area (Å²) in [5.41, 5.74) is 0.704. The summed E-state index contributed by atoms with van der Waals surface area (Å²) in [6.07, 6.45) is 10.5. The first-order valence-electron chi connectivity index (χ1n) is 11.1. The number of carbonyl (C=O) groups is 1. The van der Waals surface area contributed by atoms with Gasteiger partial charge in [0.2, 0.25) is 0 Å². The largest absolute Gasteiger partial charge is 0.357 e. The predicted molar refractivity (Wildman–Crippen MR) is 111 cm³/mol. The summed E-state index contributed by atoms with van der Waals surface area (Å²) in [7, 11) is 0. The molecule has 0 spiro atoms. The highest BCUT2D eigenvalue weighted by Gasteiger charge is 2.31. The second-order valence-corrected chi connectivity index (χ2v) is 8.97. The van der Waals surface area contributed by atoms with E-state index in [1.165, 1.54) is 12.8 Å². The van der Waals surface area contributed by atoms with Gasteiger partial charge in [-0.2, -0.15) is 0 Å². The maximum Gasteiger partial charge on any atom is 0.255 e. The van der Waals surface area contributed by atoms with E-state index in [1.807, 2.05) is 23.4 Å². The van der Waals surface area contributed by atoms with Gasteiger partial charge in [0.15, 0.2) is 0 Å². The van der Waals surface area contributed by atoms with Crippen LogP contribution in [0, 0.1) is 5.92 Å². The molecular weight excluding hydrogens is 364 g/mol. The zero-order valence-corrected chi connectivity index (χ0v) is 17.2. The minimum Gasteiger partial charge on any atom is -0.357 e. The number of amides is 1. The average molecular weight is 395 g/mol. The van der Waals surface area contributed by atoms with E-state index in [4.69, 9.17) is 0 Å². The van der Waals surface area contributed by atoms with E-state index in [0.717, 1.165) is 69.4 Å². The number of aromatic nitrogens is 4. The molecule has 2 aromatic rings. The lowest BCUT2D eigenvalue weighted by Gasteiger charge is -2.33. The molecular formula is C22H30N6O. The summed E-state index contributed by atoms with van der Waals surface area (Å²) in [6.45, 7) is 5.91. The lowest BCUT2D eigenvalue weighted by molar-refractivity contribution is 0.0697. The van der Waals surface area contributed by atoms with Crippen molar-refractivity contribution in [3.63, 3.8) is 0 Å². The van der Waals surface area contributed by atoms with E-state index >= 15 is 0 Å². The van der Waals surface area contributed by atoms with E-state index in [-0.39, 0.29) is 5.91 Å². The zero-order chi connectivity index (χ0) is 19.8. The Kier molecular flexibility index (Phi) is 4.97. The Balaban J connectivity index is 1.19. The van der Waals surface area contributed by atoms with Crippen LogP contribution in [0.25, 0.3) is 0 Å². The van der Waals surface area contributed by atoms with Crippen molar-refractivity contribution in [1.82, 2.24) is 24.6 Å². The zero-order valence-electron chi connectivity index (χ0n) is 17.2. The number of carbonyl (C=O) groups excluding carboxylic acids is 1. The molecule has 7 nitrogen and oxygen atoms in total. The van der Waals surface area contributed by atoms with Crippen LogP contribution in [0.5, 0.6) is 0 Å². The Morgan fingerprint density at radius 2 is 1.76 bits per heavy atom. The Hall–Kier alpha value is -2.44. The Labute approximate surface area is 172 Å². The van der Waals surface area contributed by atoms with Crippen molar-refractivity contribution >= 4 is 11.7 Å². The first kappa shape index (κ1) is 18.6. The summed E-state index contributed by atoms with van der Waals surface area (Å²) >= 11 is 0. The molecule has 3 fully saturated rings. The summed E-state index contributed by atoms with van der Waals surface area (Å²) in [6, 6.07) is 4.58. The number of pyridine rings is 1. The summed E-state index contributed by atoms with van der Waals surface area (Å²) in [5.74, 6) is 3.46. The molecule has 0 N–H and O–H groups in total. The summed E-state index contributed by atoms with van der Waals surface area (Å²) in [4.78, 5) is 21.6. The van der Waals surface area contributed by atoms with Gasteiger partial charge >= 0.3 is 0 Å². The van der Waals surface area contributed by atoms with Gasteiger partial charge in [-0.1, -0.05) is 6.92 Å². The molecule has 0 unspecified atom stereocenters. The van der Waals surface area contributed by atoms with E-state index in [1.54, 1.807) is 6.20 Å². The topological polar surface area (TPSA) is 67.2 Å². The Bertz CT molecular complexity index is 842. The predicted octanol–water partition coefficient (Wildman–Crippen LogP) is 3.26. The number of nitrogens with zero attached hydrogens (tertiary/aromatic N) is 6. The molecule has 5 rings (SSSR count). The molecule has 1 amide bonds. The van der Waals surface area contributed by atoms with Crippen molar-refractivity contribution in [3.05, 3.63) is 36.0 Å². The van der Waals surface area contributed by atoms with Crippen LogP contribution in [0.1, 0.15) is 73.6 Å². The van der Waals surface area contributed by atoms with Gasteiger partial charge < -0.3 is 14.4 Å². The van der Waals surface area contributed by atoms with Gasteiger partial charge in [-0.05, 0) is 56.6 Å². The number of piperidine rings is 2. The molecule has 0 aromatic carbocycles. The molecule has 7 heteroatoms. The monoisotopic (exact) mass is 394 g/mol. The molecule has 1 saturated carbocycles. The van der Waals surface area contributed by atoms with Crippen LogP contribution < -0.4 is 4.90 Å². The van der Waals surface area contributed by atoms with Crippen LogP contribution in [0.3, 0.4) is 0 Å². The smallest absolute Gasteiger partial charge is 0.255 e. The van der Waals surface area contributed by atoms with Crippen LogP contribution in [-0.4, -0.2) is 56.7 Å². The third-order valence-electron chi connectivity index (χ3n) is 6.79. The van der Waals surface area contributed by atoms with Crippen molar-refractivity contribution in [3.8, 4) is 0 Å². The van der Waals surface area contributed by atoms with Crippen molar-refractivity contribution in [2.75, 3.05) is 31.1 Å². The third-order valence-corrected chi connectivity index (χ3v) is 6.79. The van der Waals surface area contributed by atoms with Crippen molar-refractivity contribution in [2.45, 2.75) is 57.4 Å². The van der Waals surface area contributed by atoms with Crippen LogP contribution in [0.15, 0.2) is 24.7 Å². The van der Waals surface area contributed by atoms with Crippen LogP contribution >= 0.6 is 0 Å². The highest BCUT2D eigenvalue weighted by molar-refractivity contribution is 5.94. The molecule has 2 aliphatic heterocycles. The van der Waals surface area contributed by atoms with Gasteiger partial charge in [0.25, 0.3) is 5.91 Å². The first-order chi connectivity index (χ1) is 14.2. The Morgan fingerprint density at radius 3 is 2.41 bits per heavy atom. The summed E-state index contributed by atoms with van der Waals surface area (Å²) in [5, 5.41) is 8.57. The summed E-state index contributed by atoms with van der Waals surface area (Å²) < 4.78 is 2.29. The van der Waals surface area contributed by atoms with Crippen LogP contribution in [-0.2, 0) is 0 Å². The molecule has 2 aromatic heterocycles. The SMILES string of the molecule is CC1CCN(C(=O)c2ccc(N3CCC(c4nncn4C4CC4)CC3)nc2)CC1. The molecule has 29 heavy (non-hydrogen) atoms. The first-order valence-corrected chi connectivity index (χ1v) is 11.1. The Morgan fingerprint density at radius 1 is 1.00 bits per heavy atom. The van der Waals surface area contributed by atoms with E-state index in [0.29, 0.717) is 17.5 Å². The fraction of sp³-hybridized carbons (Fsp3) is 0.636. The van der Waals surface area contributed by atoms with Gasteiger partial charge in [0.05, 0.1) is 5.56 Å². The van der Waals surface area contributed by atoms with Crippen molar-refractivity contribution in [1.29, 1.82) is 0 Å². The van der Waals surface area contributed by atoms with E-state index in [9.17, 15) is 4.79 Å². The second kappa shape index (κ2) is 7.76. The molecule has 0 bridgehead atoms. The highest BCUT2D eigenvalue weighted by Crippen LogP contribution is 2.38. The molecule has 1 aliphatic carbocycles. The van der Waals surface area contributed by atoms with Gasteiger partial charge in [0, 0.05) is 44.3 Å². The third kappa shape index (κ3) is 3.87. The van der Waals surface area contributed by atoms with Gasteiger partial charge in [-0.3, -0.25) is 4.79 Å². The van der Waals surface area contributed by atoms with Crippen molar-refractivity contribution in [2.24, 2.45) is 5.92 Å². The number of likely N-dealkylation sites (tertiary alicyclic amines) is 1. The molecule has 154 valence electrons. The van der Waals surface area contributed by atoms with E-state index in [2.05, 4.69) is 31.6 Å². The molecule has 2 saturated heterocycles. The van der Waals surface area contributed by atoms with Gasteiger partial charge in [-0.25, -0.2) is 4.98 Å². The van der Waals surface area contributed by atoms with Crippen molar-refractivity contribution < 1.29 is 4.79 Å². The number of hydrogen-bond acceptors (Lipinski definition) is 5. The standard InChI is InChI=1S/C22H30N6O/c1-16-6-10-27(11-7-16)22(29)18-2-5-20(23-14-18)26-12-8-17(9-13-26)21-25-24-15-28(21)19-3-4-19/h2,5,14-17,19H,3-4,6-13H2,1H3. The van der Waals surface area contributed by atoms with Crippen LogP contribution in [0.2, 0.25) is 0 Å². The molecule has 0 radical (unpaired) electrons. The fourth-order valence-corrected chi connectivity index (χ4v) is 4.64. The second-order valence-electron chi connectivity index (χ2n) is 8.97. The quantitative estimate of drug-likeness (QED) is 0.796. The number of anilines is 1.